The first-order valence-electron chi connectivity index (χ1n) is 7.39. The fraction of sp³-hybridized carbons (Fsp3) is 0.375. The van der Waals surface area contributed by atoms with E-state index < -0.39 is 0 Å². The molecule has 0 unspecified atom stereocenters. The smallest absolute Gasteiger partial charge is 0.262 e. The first-order valence-corrected chi connectivity index (χ1v) is 8.21. The van der Waals surface area contributed by atoms with Crippen molar-refractivity contribution in [2.45, 2.75) is 38.6 Å². The molecular formula is C16H16N2O2S. The van der Waals surface area contributed by atoms with Gasteiger partial charge in [-0.15, -0.1) is 11.3 Å². The maximum absolute atomic E-state index is 12.9. The van der Waals surface area contributed by atoms with Crippen molar-refractivity contribution in [3.63, 3.8) is 0 Å². The zero-order chi connectivity index (χ0) is 14.4. The molecule has 0 atom stereocenters. The first-order chi connectivity index (χ1) is 10.3. The van der Waals surface area contributed by atoms with Crippen molar-refractivity contribution in [1.29, 1.82) is 0 Å². The Kier molecular flexibility index (Phi) is 2.96. The summed E-state index contributed by atoms with van der Waals surface area (Å²) in [6.45, 7) is 0.757. The van der Waals surface area contributed by atoms with E-state index in [1.54, 1.807) is 12.1 Å². The van der Waals surface area contributed by atoms with Crippen LogP contribution in [0.25, 0.3) is 20.3 Å². The van der Waals surface area contributed by atoms with Crippen molar-refractivity contribution in [1.82, 2.24) is 9.55 Å². The van der Waals surface area contributed by atoms with Gasteiger partial charge in [-0.3, -0.25) is 9.36 Å². The lowest BCUT2D eigenvalue weighted by molar-refractivity contribution is 0.482. The average molecular weight is 300 g/mol. The Morgan fingerprint density at radius 1 is 1.19 bits per heavy atom. The summed E-state index contributed by atoms with van der Waals surface area (Å²) >= 11 is 1.41. The maximum atomic E-state index is 12.9. The molecule has 0 spiro atoms. The number of hydrogen-bond donors (Lipinski definition) is 1. The number of nitrogens with zero attached hydrogens (tertiary/aromatic N) is 2. The summed E-state index contributed by atoms with van der Waals surface area (Å²) in [5.41, 5.74) is 0.0498. The van der Waals surface area contributed by atoms with E-state index in [2.05, 4.69) is 0 Å². The molecule has 0 saturated carbocycles. The van der Waals surface area contributed by atoms with Crippen LogP contribution >= 0.6 is 11.3 Å². The van der Waals surface area contributed by atoms with E-state index in [9.17, 15) is 9.90 Å². The van der Waals surface area contributed by atoms with Crippen LogP contribution in [0.3, 0.4) is 0 Å². The Bertz CT molecular complexity index is 895. The molecule has 1 N–H and O–H groups in total. The minimum Gasteiger partial charge on any atom is -0.506 e. The lowest BCUT2D eigenvalue weighted by atomic mass is 10.1. The molecule has 4 nitrogen and oxygen atoms in total. The second kappa shape index (κ2) is 4.84. The lowest BCUT2D eigenvalue weighted by Crippen LogP contribution is -2.26. The summed E-state index contributed by atoms with van der Waals surface area (Å²) in [4.78, 5) is 18.4. The third kappa shape index (κ3) is 1.95. The predicted molar refractivity (Wildman–Crippen MR) is 85.2 cm³/mol. The number of phenols is 1. The van der Waals surface area contributed by atoms with Gasteiger partial charge in [0.1, 0.15) is 16.4 Å². The van der Waals surface area contributed by atoms with Gasteiger partial charge in [-0.05, 0) is 18.9 Å². The Morgan fingerprint density at radius 2 is 2.05 bits per heavy atom. The van der Waals surface area contributed by atoms with Gasteiger partial charge in [0.05, 0.1) is 10.1 Å². The van der Waals surface area contributed by atoms with Crippen molar-refractivity contribution in [3.05, 3.63) is 34.4 Å². The molecule has 1 aromatic carbocycles. The van der Waals surface area contributed by atoms with Crippen LogP contribution in [-0.2, 0) is 13.0 Å². The van der Waals surface area contributed by atoms with Gasteiger partial charge in [0.2, 0.25) is 0 Å². The zero-order valence-electron chi connectivity index (χ0n) is 11.6. The van der Waals surface area contributed by atoms with Crippen LogP contribution in [0.5, 0.6) is 5.75 Å². The average Bonchev–Trinajstić information content (AvgIpc) is 2.81. The Balaban J connectivity index is 2.10. The monoisotopic (exact) mass is 300 g/mol. The number of thiophene rings is 1. The van der Waals surface area contributed by atoms with Crippen molar-refractivity contribution in [3.8, 4) is 5.75 Å². The van der Waals surface area contributed by atoms with Gasteiger partial charge in [0.25, 0.3) is 5.56 Å². The van der Waals surface area contributed by atoms with Crippen LogP contribution in [0.4, 0.5) is 0 Å². The molecule has 0 fully saturated rings. The summed E-state index contributed by atoms with van der Waals surface area (Å²) in [5.74, 6) is 1.13. The van der Waals surface area contributed by atoms with Crippen LogP contribution in [-0.4, -0.2) is 14.7 Å². The molecule has 0 bridgehead atoms. The van der Waals surface area contributed by atoms with Gasteiger partial charge in [-0.2, -0.15) is 0 Å². The number of fused-ring (bicyclic) bond motifs is 4. The van der Waals surface area contributed by atoms with Gasteiger partial charge in [-0.1, -0.05) is 25.0 Å². The maximum Gasteiger partial charge on any atom is 0.262 e. The van der Waals surface area contributed by atoms with Gasteiger partial charge in [0.15, 0.2) is 0 Å². The van der Waals surface area contributed by atoms with Crippen LogP contribution < -0.4 is 5.56 Å². The van der Waals surface area contributed by atoms with E-state index in [0.717, 1.165) is 46.5 Å². The molecule has 0 aliphatic carbocycles. The first kappa shape index (κ1) is 12.8. The van der Waals surface area contributed by atoms with Crippen LogP contribution in [0.1, 0.15) is 31.5 Å². The molecule has 1 aliphatic rings. The van der Waals surface area contributed by atoms with E-state index >= 15 is 0 Å². The summed E-state index contributed by atoms with van der Waals surface area (Å²) in [5, 5.41) is 11.5. The molecule has 2 aromatic heterocycles. The lowest BCUT2D eigenvalue weighted by Gasteiger charge is -2.15. The van der Waals surface area contributed by atoms with Gasteiger partial charge in [0, 0.05) is 18.4 Å². The van der Waals surface area contributed by atoms with Crippen molar-refractivity contribution in [2.24, 2.45) is 0 Å². The van der Waals surface area contributed by atoms with Crippen molar-refractivity contribution >= 4 is 31.6 Å². The number of aromatic hydroxyl groups is 1. The molecule has 4 rings (SSSR count). The molecule has 0 amide bonds. The summed E-state index contributed by atoms with van der Waals surface area (Å²) < 4.78 is 2.60. The van der Waals surface area contributed by atoms with Gasteiger partial charge >= 0.3 is 0 Å². The van der Waals surface area contributed by atoms with E-state index in [4.69, 9.17) is 4.98 Å². The van der Waals surface area contributed by atoms with E-state index in [1.807, 2.05) is 10.6 Å². The topological polar surface area (TPSA) is 55.1 Å². The van der Waals surface area contributed by atoms with Crippen LogP contribution in [0.15, 0.2) is 23.0 Å². The summed E-state index contributed by atoms with van der Waals surface area (Å²) in [6.07, 6.45) is 5.38. The standard InChI is InChI=1S/C16H16N2O2S/c19-11-7-5-6-10-13-15(21-14(10)11)17-12-8-3-1-2-4-9-18(12)16(13)20/h5-7,19H,1-4,8-9H2. The molecule has 3 aromatic rings. The van der Waals surface area contributed by atoms with E-state index in [-0.39, 0.29) is 11.3 Å². The highest BCUT2D eigenvalue weighted by molar-refractivity contribution is 7.25. The Labute approximate surface area is 125 Å². The molecular weight excluding hydrogens is 284 g/mol. The highest BCUT2D eigenvalue weighted by atomic mass is 32.1. The normalized spacial score (nSPS) is 15.8. The number of phenolic OH excluding ortho intramolecular Hbond substituents is 1. The number of hydrogen-bond acceptors (Lipinski definition) is 4. The van der Waals surface area contributed by atoms with Gasteiger partial charge < -0.3 is 5.11 Å². The fourth-order valence-corrected chi connectivity index (χ4v) is 4.23. The fourth-order valence-electron chi connectivity index (χ4n) is 3.14. The van der Waals surface area contributed by atoms with E-state index in [0.29, 0.717) is 5.39 Å². The number of aromatic nitrogens is 2. The Morgan fingerprint density at radius 3 is 2.95 bits per heavy atom. The highest BCUT2D eigenvalue weighted by Crippen LogP contribution is 2.36. The molecule has 21 heavy (non-hydrogen) atoms. The highest BCUT2D eigenvalue weighted by Gasteiger charge is 2.18. The predicted octanol–water partition coefficient (Wildman–Crippen LogP) is 3.43. The summed E-state index contributed by atoms with van der Waals surface area (Å²) in [6, 6.07) is 5.34. The van der Waals surface area contributed by atoms with Gasteiger partial charge in [-0.25, -0.2) is 4.98 Å². The number of aryl methyl sites for hydroxylation is 1. The second-order valence-electron chi connectivity index (χ2n) is 5.59. The minimum absolute atomic E-state index is 0.0498. The molecule has 0 saturated heterocycles. The van der Waals surface area contributed by atoms with E-state index in [1.165, 1.54) is 24.2 Å². The largest absolute Gasteiger partial charge is 0.506 e. The summed E-state index contributed by atoms with van der Waals surface area (Å²) in [7, 11) is 0. The molecule has 1 aliphatic heterocycles. The van der Waals surface area contributed by atoms with Crippen LogP contribution in [0, 0.1) is 0 Å². The SMILES string of the molecule is O=c1c2c(nc3n1CCCCCC3)sc1c(O)cccc12. The van der Waals surface area contributed by atoms with Crippen molar-refractivity contribution in [2.75, 3.05) is 0 Å². The quantitative estimate of drug-likeness (QED) is 0.692. The number of benzene rings is 1. The van der Waals surface area contributed by atoms with Crippen molar-refractivity contribution < 1.29 is 5.11 Å². The second-order valence-corrected chi connectivity index (χ2v) is 6.58. The Hall–Kier alpha value is -1.88. The number of rotatable bonds is 0. The molecule has 5 heteroatoms. The molecule has 108 valence electrons. The zero-order valence-corrected chi connectivity index (χ0v) is 12.4. The van der Waals surface area contributed by atoms with Crippen LogP contribution in [0.2, 0.25) is 0 Å². The third-order valence-corrected chi connectivity index (χ3v) is 5.33. The minimum atomic E-state index is 0.0498. The third-order valence-electron chi connectivity index (χ3n) is 4.21. The molecule has 3 heterocycles. The molecule has 0 radical (unpaired) electrons.